The van der Waals surface area contributed by atoms with Gasteiger partial charge in [-0.1, -0.05) is 0 Å². The molecule has 0 aromatic carbocycles. The maximum atomic E-state index is 13.6. The van der Waals surface area contributed by atoms with Gasteiger partial charge >= 0.3 is 0 Å². The van der Waals surface area contributed by atoms with Gasteiger partial charge in [0.15, 0.2) is 5.76 Å². The van der Waals surface area contributed by atoms with E-state index in [1.807, 2.05) is 22.8 Å². The van der Waals surface area contributed by atoms with Gasteiger partial charge in [0, 0.05) is 57.1 Å². The SMILES string of the molecule is CCN1CCC2(CN(c3ncccn3)CC23CCN(C(=O)c2ccco2)CC3)C1=O. The maximum Gasteiger partial charge on any atom is 0.289 e. The largest absolute Gasteiger partial charge is 0.459 e. The van der Waals surface area contributed by atoms with Crippen molar-refractivity contribution < 1.29 is 14.0 Å². The van der Waals surface area contributed by atoms with E-state index >= 15 is 0 Å². The molecular weight excluding hydrogens is 382 g/mol. The lowest BCUT2D eigenvalue weighted by molar-refractivity contribution is -0.141. The first kappa shape index (κ1) is 19.1. The fourth-order valence-electron chi connectivity index (χ4n) is 5.77. The molecule has 8 nitrogen and oxygen atoms in total. The third-order valence-electron chi connectivity index (χ3n) is 7.43. The molecule has 0 aliphatic carbocycles. The summed E-state index contributed by atoms with van der Waals surface area (Å²) in [6.07, 6.45) is 7.48. The number of likely N-dealkylation sites (tertiary alicyclic amines) is 2. The van der Waals surface area contributed by atoms with Gasteiger partial charge in [-0.15, -0.1) is 0 Å². The van der Waals surface area contributed by atoms with Gasteiger partial charge in [0.1, 0.15) is 0 Å². The van der Waals surface area contributed by atoms with Gasteiger partial charge < -0.3 is 19.1 Å². The van der Waals surface area contributed by atoms with Crippen molar-refractivity contribution in [3.05, 3.63) is 42.6 Å². The minimum atomic E-state index is -0.429. The normalized spacial score (nSPS) is 25.6. The number of furan rings is 1. The molecule has 5 rings (SSSR count). The van der Waals surface area contributed by atoms with Gasteiger partial charge in [-0.25, -0.2) is 9.97 Å². The van der Waals surface area contributed by atoms with Gasteiger partial charge in [-0.3, -0.25) is 9.59 Å². The van der Waals surface area contributed by atoms with Crippen molar-refractivity contribution >= 4 is 17.8 Å². The van der Waals surface area contributed by atoms with Crippen molar-refractivity contribution in [3.8, 4) is 0 Å². The number of anilines is 1. The Morgan fingerprint density at radius 2 is 1.87 bits per heavy atom. The molecule has 30 heavy (non-hydrogen) atoms. The molecule has 5 heterocycles. The molecule has 2 aromatic rings. The van der Waals surface area contributed by atoms with Crippen LogP contribution in [0.15, 0.2) is 41.3 Å². The number of aromatic nitrogens is 2. The number of carbonyl (C=O) groups excluding carboxylic acids is 2. The first-order valence-corrected chi connectivity index (χ1v) is 10.7. The summed E-state index contributed by atoms with van der Waals surface area (Å²) in [4.78, 5) is 41.2. The van der Waals surface area contributed by atoms with Crippen LogP contribution in [-0.2, 0) is 4.79 Å². The smallest absolute Gasteiger partial charge is 0.289 e. The molecule has 2 aromatic heterocycles. The van der Waals surface area contributed by atoms with E-state index in [0.29, 0.717) is 31.3 Å². The Kier molecular flexibility index (Phi) is 4.52. The zero-order valence-electron chi connectivity index (χ0n) is 17.3. The van der Waals surface area contributed by atoms with E-state index in [1.54, 1.807) is 24.5 Å². The molecule has 0 radical (unpaired) electrons. The van der Waals surface area contributed by atoms with Crippen LogP contribution in [0.2, 0.25) is 0 Å². The van der Waals surface area contributed by atoms with Gasteiger partial charge in [-0.2, -0.15) is 0 Å². The number of rotatable bonds is 3. The average Bonchev–Trinajstić information content (AvgIpc) is 3.50. The number of carbonyl (C=O) groups is 2. The molecule has 2 amide bonds. The van der Waals surface area contributed by atoms with Crippen molar-refractivity contribution in [2.75, 3.05) is 44.2 Å². The van der Waals surface area contributed by atoms with Crippen LogP contribution in [0, 0.1) is 10.8 Å². The molecule has 3 aliphatic rings. The molecule has 1 unspecified atom stereocenters. The lowest BCUT2D eigenvalue weighted by Crippen LogP contribution is -2.53. The van der Waals surface area contributed by atoms with Crippen molar-refractivity contribution in [1.29, 1.82) is 0 Å². The average molecular weight is 409 g/mol. The lowest BCUT2D eigenvalue weighted by Gasteiger charge is -2.46. The minimum absolute atomic E-state index is 0.0712. The number of hydrogen-bond donors (Lipinski definition) is 0. The fourth-order valence-corrected chi connectivity index (χ4v) is 5.77. The van der Waals surface area contributed by atoms with Crippen LogP contribution >= 0.6 is 0 Å². The standard InChI is InChI=1S/C22H27N5O3/c1-2-25-13-8-22(19(25)29)16-27(20-23-9-4-10-24-20)15-21(22)6-11-26(12-7-21)18(28)17-5-3-14-30-17/h3-5,9-10,14H,2,6-8,11-13,15-16H2,1H3. The fraction of sp³-hybridized carbons (Fsp3) is 0.545. The van der Waals surface area contributed by atoms with Crippen LogP contribution in [0.5, 0.6) is 0 Å². The highest BCUT2D eigenvalue weighted by molar-refractivity contribution is 5.91. The quantitative estimate of drug-likeness (QED) is 0.772. The molecule has 0 saturated carbocycles. The predicted octanol–water partition coefficient (Wildman–Crippen LogP) is 2.05. The highest BCUT2D eigenvalue weighted by atomic mass is 16.3. The Bertz CT molecular complexity index is 924. The van der Waals surface area contributed by atoms with E-state index in [4.69, 9.17) is 4.42 Å². The minimum Gasteiger partial charge on any atom is -0.459 e. The molecule has 8 heteroatoms. The van der Waals surface area contributed by atoms with Crippen LogP contribution in [0.1, 0.15) is 36.7 Å². The third-order valence-corrected chi connectivity index (χ3v) is 7.43. The highest BCUT2D eigenvalue weighted by Gasteiger charge is 2.65. The predicted molar refractivity (Wildman–Crippen MR) is 110 cm³/mol. The molecule has 0 N–H and O–H groups in total. The summed E-state index contributed by atoms with van der Waals surface area (Å²) >= 11 is 0. The summed E-state index contributed by atoms with van der Waals surface area (Å²) in [6.45, 7) is 6.24. The van der Waals surface area contributed by atoms with Gasteiger partial charge in [0.2, 0.25) is 11.9 Å². The number of nitrogens with zero attached hydrogens (tertiary/aromatic N) is 5. The zero-order valence-corrected chi connectivity index (χ0v) is 17.3. The molecule has 3 fully saturated rings. The molecule has 3 aliphatic heterocycles. The number of piperidine rings is 1. The first-order chi connectivity index (χ1) is 14.6. The van der Waals surface area contributed by atoms with E-state index in [2.05, 4.69) is 14.9 Å². The highest BCUT2D eigenvalue weighted by Crippen LogP contribution is 2.58. The van der Waals surface area contributed by atoms with Crippen molar-refractivity contribution in [3.63, 3.8) is 0 Å². The van der Waals surface area contributed by atoms with E-state index in [9.17, 15) is 9.59 Å². The Labute approximate surface area is 175 Å². The first-order valence-electron chi connectivity index (χ1n) is 10.7. The second-order valence-corrected chi connectivity index (χ2v) is 8.67. The number of amides is 2. The summed E-state index contributed by atoms with van der Waals surface area (Å²) in [7, 11) is 0. The summed E-state index contributed by atoms with van der Waals surface area (Å²) in [5, 5.41) is 0. The second kappa shape index (κ2) is 7.11. The van der Waals surface area contributed by atoms with Crippen LogP contribution in [-0.4, -0.2) is 70.9 Å². The van der Waals surface area contributed by atoms with Gasteiger partial charge in [0.05, 0.1) is 11.7 Å². The Morgan fingerprint density at radius 1 is 1.10 bits per heavy atom. The van der Waals surface area contributed by atoms with Crippen molar-refractivity contribution in [2.45, 2.75) is 26.2 Å². The van der Waals surface area contributed by atoms with Crippen LogP contribution in [0.4, 0.5) is 5.95 Å². The zero-order chi connectivity index (χ0) is 20.8. The summed E-state index contributed by atoms with van der Waals surface area (Å²) < 4.78 is 5.30. The van der Waals surface area contributed by atoms with Crippen molar-refractivity contribution in [2.24, 2.45) is 10.8 Å². The van der Waals surface area contributed by atoms with E-state index in [1.165, 1.54) is 6.26 Å². The van der Waals surface area contributed by atoms with Crippen LogP contribution in [0.3, 0.4) is 0 Å². The van der Waals surface area contributed by atoms with Gasteiger partial charge in [0.25, 0.3) is 5.91 Å². The Balaban J connectivity index is 1.43. The molecule has 0 bridgehead atoms. The molecule has 3 saturated heterocycles. The van der Waals surface area contributed by atoms with Crippen LogP contribution in [0.25, 0.3) is 0 Å². The van der Waals surface area contributed by atoms with Crippen molar-refractivity contribution in [1.82, 2.24) is 19.8 Å². The van der Waals surface area contributed by atoms with E-state index in [-0.39, 0.29) is 17.2 Å². The lowest BCUT2D eigenvalue weighted by atomic mass is 9.60. The molecule has 2 spiro atoms. The topological polar surface area (TPSA) is 82.8 Å². The molecular formula is C22H27N5O3. The Morgan fingerprint density at radius 3 is 2.50 bits per heavy atom. The summed E-state index contributed by atoms with van der Waals surface area (Å²) in [6, 6.07) is 5.25. The maximum absolute atomic E-state index is 13.6. The second-order valence-electron chi connectivity index (χ2n) is 8.67. The summed E-state index contributed by atoms with van der Waals surface area (Å²) in [5.74, 6) is 1.25. The third kappa shape index (κ3) is 2.73. The summed E-state index contributed by atoms with van der Waals surface area (Å²) in [5.41, 5.74) is -0.602. The van der Waals surface area contributed by atoms with Crippen LogP contribution < -0.4 is 4.90 Å². The van der Waals surface area contributed by atoms with E-state index < -0.39 is 5.41 Å². The monoisotopic (exact) mass is 409 g/mol. The van der Waals surface area contributed by atoms with E-state index in [0.717, 1.165) is 38.9 Å². The number of fused-ring (bicyclic) bond motifs is 1. The number of hydrogen-bond acceptors (Lipinski definition) is 6. The molecule has 1 atom stereocenters. The Hall–Kier alpha value is -2.90. The molecule has 158 valence electrons. The van der Waals surface area contributed by atoms with Gasteiger partial charge in [-0.05, 0) is 44.4 Å².